The Hall–Kier alpha value is -0.690. The second kappa shape index (κ2) is 6.72. The minimum atomic E-state index is 0.729. The Bertz CT molecular complexity index is 260. The van der Waals surface area contributed by atoms with Gasteiger partial charge in [-0.25, -0.2) is 0 Å². The van der Waals surface area contributed by atoms with Gasteiger partial charge in [-0.3, -0.25) is 0 Å². The number of ether oxygens (including phenoxy) is 1. The number of para-hydroxylation sites is 1. The Morgan fingerprint density at radius 1 is 1.21 bits per heavy atom. The predicted octanol–water partition coefficient (Wildman–Crippen LogP) is 3.65. The number of hydrogen-bond donors (Lipinski definition) is 0. The first-order chi connectivity index (χ1) is 6.88. The average molecular weight is 213 g/mol. The van der Waals surface area contributed by atoms with Gasteiger partial charge >= 0.3 is 0 Å². The van der Waals surface area contributed by atoms with Crippen molar-refractivity contribution in [3.8, 4) is 5.75 Å². The monoisotopic (exact) mass is 212 g/mol. The molecule has 14 heavy (non-hydrogen) atoms. The van der Waals surface area contributed by atoms with E-state index in [9.17, 15) is 0 Å². The predicted molar refractivity (Wildman–Crippen MR) is 61.3 cm³/mol. The Morgan fingerprint density at radius 3 is 2.71 bits per heavy atom. The van der Waals surface area contributed by atoms with E-state index in [1.165, 1.54) is 5.56 Å². The fraction of sp³-hybridized carbons (Fsp3) is 0.500. The molecule has 0 spiro atoms. The fourth-order valence-corrected chi connectivity index (χ4v) is 1.61. The zero-order valence-electron chi connectivity index (χ0n) is 8.63. The molecule has 0 aliphatic heterocycles. The van der Waals surface area contributed by atoms with E-state index in [0.717, 1.165) is 37.5 Å². The SMILES string of the molecule is CCOc1ccccc1CCCCCl. The van der Waals surface area contributed by atoms with Crippen molar-refractivity contribution in [3.05, 3.63) is 29.8 Å². The summed E-state index contributed by atoms with van der Waals surface area (Å²) in [7, 11) is 0. The lowest BCUT2D eigenvalue weighted by atomic mass is 10.1. The molecule has 1 rings (SSSR count). The second-order valence-electron chi connectivity index (χ2n) is 3.19. The quantitative estimate of drug-likeness (QED) is 0.517. The molecular formula is C12H17ClO. The number of rotatable bonds is 6. The number of hydrogen-bond acceptors (Lipinski definition) is 1. The van der Waals surface area contributed by atoms with Crippen molar-refractivity contribution in [1.82, 2.24) is 0 Å². The number of benzene rings is 1. The molecule has 0 N–H and O–H groups in total. The van der Waals surface area contributed by atoms with Crippen molar-refractivity contribution in [3.63, 3.8) is 0 Å². The summed E-state index contributed by atoms with van der Waals surface area (Å²) < 4.78 is 5.53. The lowest BCUT2D eigenvalue weighted by Crippen LogP contribution is -1.96. The van der Waals surface area contributed by atoms with Gasteiger partial charge in [-0.1, -0.05) is 18.2 Å². The summed E-state index contributed by atoms with van der Waals surface area (Å²) in [6.45, 7) is 2.74. The summed E-state index contributed by atoms with van der Waals surface area (Å²) in [5.74, 6) is 1.76. The van der Waals surface area contributed by atoms with Gasteiger partial charge < -0.3 is 4.74 Å². The first-order valence-electron chi connectivity index (χ1n) is 5.15. The minimum Gasteiger partial charge on any atom is -0.494 e. The Morgan fingerprint density at radius 2 is 2.00 bits per heavy atom. The van der Waals surface area contributed by atoms with Crippen LogP contribution < -0.4 is 4.74 Å². The van der Waals surface area contributed by atoms with Gasteiger partial charge in [-0.05, 0) is 37.8 Å². The molecule has 1 aromatic rings. The Balaban J connectivity index is 2.55. The molecule has 0 heterocycles. The normalized spacial score (nSPS) is 10.1. The molecule has 0 saturated carbocycles. The lowest BCUT2D eigenvalue weighted by molar-refractivity contribution is 0.336. The highest BCUT2D eigenvalue weighted by Gasteiger charge is 2.01. The molecule has 0 bridgehead atoms. The van der Waals surface area contributed by atoms with E-state index in [1.807, 2.05) is 19.1 Å². The van der Waals surface area contributed by atoms with Gasteiger partial charge in [0.2, 0.25) is 0 Å². The van der Waals surface area contributed by atoms with Gasteiger partial charge in [0.05, 0.1) is 6.61 Å². The van der Waals surface area contributed by atoms with Crippen LogP contribution >= 0.6 is 11.6 Å². The van der Waals surface area contributed by atoms with E-state index >= 15 is 0 Å². The highest BCUT2D eigenvalue weighted by molar-refractivity contribution is 6.17. The van der Waals surface area contributed by atoms with Crippen molar-refractivity contribution in [2.24, 2.45) is 0 Å². The van der Waals surface area contributed by atoms with E-state index in [2.05, 4.69) is 12.1 Å². The highest BCUT2D eigenvalue weighted by Crippen LogP contribution is 2.19. The third-order valence-corrected chi connectivity index (χ3v) is 2.37. The van der Waals surface area contributed by atoms with Crippen molar-refractivity contribution in [2.75, 3.05) is 12.5 Å². The van der Waals surface area contributed by atoms with E-state index in [0.29, 0.717) is 0 Å². The smallest absolute Gasteiger partial charge is 0.122 e. The van der Waals surface area contributed by atoms with Crippen LogP contribution in [-0.2, 0) is 6.42 Å². The highest BCUT2D eigenvalue weighted by atomic mass is 35.5. The molecule has 0 aromatic heterocycles. The van der Waals surface area contributed by atoms with Gasteiger partial charge in [-0.2, -0.15) is 0 Å². The number of unbranched alkanes of at least 4 members (excludes halogenated alkanes) is 1. The molecule has 0 aliphatic rings. The molecular weight excluding hydrogens is 196 g/mol. The number of alkyl halides is 1. The first kappa shape index (κ1) is 11.4. The molecule has 0 fully saturated rings. The molecule has 0 atom stereocenters. The van der Waals surface area contributed by atoms with E-state index in [-0.39, 0.29) is 0 Å². The molecule has 0 amide bonds. The molecule has 0 radical (unpaired) electrons. The topological polar surface area (TPSA) is 9.23 Å². The van der Waals surface area contributed by atoms with E-state index < -0.39 is 0 Å². The Kier molecular flexibility index (Phi) is 5.46. The third kappa shape index (κ3) is 3.59. The van der Waals surface area contributed by atoms with E-state index in [1.54, 1.807) is 0 Å². The summed E-state index contributed by atoms with van der Waals surface area (Å²) in [4.78, 5) is 0. The van der Waals surface area contributed by atoms with Gasteiger partial charge in [0, 0.05) is 5.88 Å². The minimum absolute atomic E-state index is 0.729. The van der Waals surface area contributed by atoms with E-state index in [4.69, 9.17) is 16.3 Å². The number of halogens is 1. The second-order valence-corrected chi connectivity index (χ2v) is 3.56. The van der Waals surface area contributed by atoms with Crippen molar-refractivity contribution >= 4 is 11.6 Å². The summed E-state index contributed by atoms with van der Waals surface area (Å²) in [6, 6.07) is 8.22. The maximum absolute atomic E-state index is 5.64. The van der Waals surface area contributed by atoms with Crippen molar-refractivity contribution in [2.45, 2.75) is 26.2 Å². The summed E-state index contributed by atoms with van der Waals surface area (Å²) >= 11 is 5.64. The molecule has 2 heteroatoms. The van der Waals surface area contributed by atoms with Crippen LogP contribution in [0.1, 0.15) is 25.3 Å². The van der Waals surface area contributed by atoms with Crippen molar-refractivity contribution in [1.29, 1.82) is 0 Å². The van der Waals surface area contributed by atoms with Crippen LogP contribution in [0.5, 0.6) is 5.75 Å². The fourth-order valence-electron chi connectivity index (χ4n) is 1.42. The Labute approximate surface area is 91.0 Å². The largest absolute Gasteiger partial charge is 0.494 e. The summed E-state index contributed by atoms with van der Waals surface area (Å²) in [5, 5.41) is 0. The van der Waals surface area contributed by atoms with Crippen LogP contribution in [0.2, 0.25) is 0 Å². The summed E-state index contributed by atoms with van der Waals surface area (Å²) in [6.07, 6.45) is 3.26. The first-order valence-corrected chi connectivity index (χ1v) is 5.68. The summed E-state index contributed by atoms with van der Waals surface area (Å²) in [5.41, 5.74) is 1.29. The maximum Gasteiger partial charge on any atom is 0.122 e. The maximum atomic E-state index is 5.64. The van der Waals surface area contributed by atoms with Gasteiger partial charge in [0.25, 0.3) is 0 Å². The average Bonchev–Trinajstić information content (AvgIpc) is 2.21. The molecule has 0 unspecified atom stereocenters. The molecule has 1 nitrogen and oxygen atoms in total. The third-order valence-electron chi connectivity index (χ3n) is 2.10. The van der Waals surface area contributed by atoms with Crippen LogP contribution in [0.15, 0.2) is 24.3 Å². The molecule has 1 aromatic carbocycles. The zero-order valence-corrected chi connectivity index (χ0v) is 9.39. The van der Waals surface area contributed by atoms with Crippen LogP contribution in [0.3, 0.4) is 0 Å². The van der Waals surface area contributed by atoms with Crippen molar-refractivity contribution < 1.29 is 4.74 Å². The van der Waals surface area contributed by atoms with Gasteiger partial charge in [0.15, 0.2) is 0 Å². The van der Waals surface area contributed by atoms with Gasteiger partial charge in [0.1, 0.15) is 5.75 Å². The van der Waals surface area contributed by atoms with Crippen LogP contribution in [-0.4, -0.2) is 12.5 Å². The van der Waals surface area contributed by atoms with Crippen LogP contribution in [0.25, 0.3) is 0 Å². The molecule has 0 saturated heterocycles. The standard InChI is InChI=1S/C12H17ClO/c1-2-14-12-9-4-3-7-11(12)8-5-6-10-13/h3-4,7,9H,2,5-6,8,10H2,1H3. The molecule has 78 valence electrons. The molecule has 0 aliphatic carbocycles. The van der Waals surface area contributed by atoms with Gasteiger partial charge in [-0.15, -0.1) is 11.6 Å². The lowest BCUT2D eigenvalue weighted by Gasteiger charge is -2.09. The van der Waals surface area contributed by atoms with Crippen LogP contribution in [0.4, 0.5) is 0 Å². The number of aryl methyl sites for hydroxylation is 1. The zero-order chi connectivity index (χ0) is 10.2. The van der Waals surface area contributed by atoms with Crippen LogP contribution in [0, 0.1) is 0 Å².